The Labute approximate surface area is 221 Å². The number of imidazole rings is 1. The fourth-order valence-corrected chi connectivity index (χ4v) is 4.47. The van der Waals surface area contributed by atoms with Gasteiger partial charge in [0, 0.05) is 35.4 Å². The number of aliphatic hydroxyl groups is 1. The zero-order valence-corrected chi connectivity index (χ0v) is 21.5. The van der Waals surface area contributed by atoms with Crippen molar-refractivity contribution in [2.75, 3.05) is 16.0 Å². The molecule has 0 radical (unpaired) electrons. The largest absolute Gasteiger partial charge is 0.393 e. The highest BCUT2D eigenvalue weighted by molar-refractivity contribution is 6.04. The summed E-state index contributed by atoms with van der Waals surface area (Å²) >= 11 is 0. The molecule has 2 heterocycles. The third-order valence-corrected chi connectivity index (χ3v) is 6.59. The monoisotopic (exact) mass is 509 g/mol. The number of aryl methyl sites for hydroxylation is 2. The van der Waals surface area contributed by atoms with Crippen LogP contribution in [0.25, 0.3) is 11.2 Å². The fraction of sp³-hybridized carbons (Fsp3) is 0.310. The van der Waals surface area contributed by atoms with Crippen LogP contribution >= 0.6 is 0 Å². The lowest BCUT2D eigenvalue weighted by molar-refractivity contribution is -0.111. The molecule has 1 amide bonds. The number of aromatic nitrogens is 4. The molecule has 0 unspecified atom stereocenters. The average Bonchev–Trinajstić information content (AvgIpc) is 3.33. The predicted octanol–water partition coefficient (Wildman–Crippen LogP) is 4.60. The molecule has 0 saturated heterocycles. The Morgan fingerprint density at radius 3 is 2.61 bits per heavy atom. The number of anilines is 4. The van der Waals surface area contributed by atoms with Crippen LogP contribution in [0.4, 0.5) is 23.1 Å². The van der Waals surface area contributed by atoms with E-state index in [0.29, 0.717) is 23.0 Å². The minimum atomic E-state index is -0.391. The van der Waals surface area contributed by atoms with Crippen LogP contribution in [0, 0.1) is 18.8 Å². The van der Waals surface area contributed by atoms with E-state index in [0.717, 1.165) is 54.7 Å². The molecular formula is C29H31N7O2. The summed E-state index contributed by atoms with van der Waals surface area (Å²) in [6.45, 7) is 4.78. The van der Waals surface area contributed by atoms with E-state index >= 15 is 0 Å². The minimum Gasteiger partial charge on any atom is -0.393 e. The number of nitrogens with one attached hydrogen (secondary N) is 3. The Bertz CT molecular complexity index is 1490. The lowest BCUT2D eigenvalue weighted by Crippen LogP contribution is -2.29. The zero-order valence-electron chi connectivity index (χ0n) is 21.5. The molecule has 2 aromatic carbocycles. The predicted molar refractivity (Wildman–Crippen MR) is 149 cm³/mol. The molecule has 1 fully saturated rings. The van der Waals surface area contributed by atoms with Gasteiger partial charge >= 0.3 is 5.91 Å². The van der Waals surface area contributed by atoms with E-state index < -0.39 is 5.91 Å². The molecule has 9 nitrogen and oxygen atoms in total. The lowest BCUT2D eigenvalue weighted by atomic mass is 9.93. The molecule has 1 saturated carbocycles. The number of hydrogen-bond donors (Lipinski definition) is 4. The van der Waals surface area contributed by atoms with E-state index in [4.69, 9.17) is 9.97 Å². The van der Waals surface area contributed by atoms with Gasteiger partial charge in [-0.1, -0.05) is 29.7 Å². The molecule has 1 aliphatic carbocycles. The van der Waals surface area contributed by atoms with E-state index in [-0.39, 0.29) is 12.1 Å². The average molecular weight is 510 g/mol. The fourth-order valence-electron chi connectivity index (χ4n) is 4.47. The summed E-state index contributed by atoms with van der Waals surface area (Å²) in [5, 5.41) is 19.5. The van der Waals surface area contributed by atoms with E-state index in [1.54, 1.807) is 6.33 Å². The van der Waals surface area contributed by atoms with Crippen LogP contribution in [-0.2, 0) is 11.3 Å². The molecule has 38 heavy (non-hydrogen) atoms. The first-order valence-corrected chi connectivity index (χ1v) is 12.9. The molecule has 194 valence electrons. The smallest absolute Gasteiger partial charge is 0.300 e. The molecular weight excluding hydrogens is 478 g/mol. The molecule has 4 aromatic rings. The van der Waals surface area contributed by atoms with E-state index in [1.807, 2.05) is 66.9 Å². The summed E-state index contributed by atoms with van der Waals surface area (Å²) < 4.78 is 1.97. The molecule has 0 atom stereocenters. The van der Waals surface area contributed by atoms with Gasteiger partial charge in [-0.25, -0.2) is 4.98 Å². The summed E-state index contributed by atoms with van der Waals surface area (Å²) in [5.74, 6) is 6.23. The maximum Gasteiger partial charge on any atom is 0.300 e. The van der Waals surface area contributed by atoms with Crippen LogP contribution in [-0.4, -0.2) is 42.7 Å². The molecule has 5 rings (SSSR count). The number of aliphatic hydroxyl groups excluding tert-OH is 1. The second-order valence-corrected chi connectivity index (χ2v) is 9.52. The van der Waals surface area contributed by atoms with Gasteiger partial charge in [-0.2, -0.15) is 9.97 Å². The Hall–Kier alpha value is -4.42. The Balaban J connectivity index is 1.34. The summed E-state index contributed by atoms with van der Waals surface area (Å²) in [6.07, 6.45) is 4.81. The van der Waals surface area contributed by atoms with Gasteiger partial charge in [-0.3, -0.25) is 4.79 Å². The van der Waals surface area contributed by atoms with Crippen molar-refractivity contribution >= 4 is 40.2 Å². The first-order chi connectivity index (χ1) is 18.5. The van der Waals surface area contributed by atoms with Crippen LogP contribution in [0.15, 0.2) is 54.9 Å². The first-order valence-electron chi connectivity index (χ1n) is 12.9. The van der Waals surface area contributed by atoms with Crippen LogP contribution < -0.4 is 16.0 Å². The quantitative estimate of drug-likeness (QED) is 0.281. The topological polar surface area (TPSA) is 117 Å². The highest BCUT2D eigenvalue weighted by Gasteiger charge is 2.21. The number of carbonyl (C=O) groups excluding carboxylic acids is 1. The number of fused-ring (bicyclic) bond motifs is 1. The summed E-state index contributed by atoms with van der Waals surface area (Å²) in [6, 6.07) is 15.3. The van der Waals surface area contributed by atoms with E-state index in [1.165, 1.54) is 0 Å². The van der Waals surface area contributed by atoms with Crippen molar-refractivity contribution in [3.8, 4) is 11.8 Å². The van der Waals surface area contributed by atoms with Crippen LogP contribution in [0.1, 0.15) is 43.7 Å². The molecule has 0 bridgehead atoms. The van der Waals surface area contributed by atoms with Gasteiger partial charge in [0.2, 0.25) is 5.95 Å². The highest BCUT2D eigenvalue weighted by atomic mass is 16.3. The summed E-state index contributed by atoms with van der Waals surface area (Å²) in [7, 11) is 0. The third-order valence-electron chi connectivity index (χ3n) is 6.59. The van der Waals surface area contributed by atoms with Gasteiger partial charge in [-0.15, -0.1) is 0 Å². The van der Waals surface area contributed by atoms with Gasteiger partial charge in [0.05, 0.1) is 12.4 Å². The van der Waals surface area contributed by atoms with Gasteiger partial charge in [0.15, 0.2) is 17.0 Å². The van der Waals surface area contributed by atoms with Gasteiger partial charge < -0.3 is 25.6 Å². The number of amides is 1. The van der Waals surface area contributed by atoms with Crippen LogP contribution in [0.3, 0.4) is 0 Å². The van der Waals surface area contributed by atoms with E-state index in [2.05, 4.69) is 32.8 Å². The first kappa shape index (κ1) is 25.2. The number of hydrogen-bond acceptors (Lipinski definition) is 7. The van der Waals surface area contributed by atoms with Crippen molar-refractivity contribution in [3.63, 3.8) is 0 Å². The maximum atomic E-state index is 12.4. The van der Waals surface area contributed by atoms with Crippen molar-refractivity contribution < 1.29 is 9.90 Å². The van der Waals surface area contributed by atoms with Crippen molar-refractivity contribution in [1.29, 1.82) is 0 Å². The Morgan fingerprint density at radius 2 is 1.84 bits per heavy atom. The van der Waals surface area contributed by atoms with Crippen LogP contribution in [0.5, 0.6) is 0 Å². The normalized spacial score (nSPS) is 16.9. The second-order valence-electron chi connectivity index (χ2n) is 9.52. The molecule has 0 spiro atoms. The van der Waals surface area contributed by atoms with Gasteiger partial charge in [-0.05, 0) is 69.9 Å². The van der Waals surface area contributed by atoms with Gasteiger partial charge in [0.25, 0.3) is 0 Å². The Kier molecular flexibility index (Phi) is 7.52. The Morgan fingerprint density at radius 1 is 1.08 bits per heavy atom. The second kappa shape index (κ2) is 11.3. The number of carbonyl (C=O) groups is 1. The highest BCUT2D eigenvalue weighted by Crippen LogP contribution is 2.27. The zero-order chi connectivity index (χ0) is 26.5. The molecule has 1 aliphatic rings. The number of benzene rings is 2. The van der Waals surface area contributed by atoms with Crippen molar-refractivity contribution in [2.24, 2.45) is 0 Å². The molecule has 2 aromatic heterocycles. The SMILES string of the molecule is CCn1cnc2c(Nc3cccc(NC(=O)C#Cc4ccc(C)cc4)c3)nc(N[C@H]3CC[C@H](O)CC3)nc21. The molecule has 4 N–H and O–H groups in total. The van der Waals surface area contributed by atoms with Crippen molar-refractivity contribution in [3.05, 3.63) is 66.0 Å². The van der Waals surface area contributed by atoms with Crippen molar-refractivity contribution in [1.82, 2.24) is 19.5 Å². The van der Waals surface area contributed by atoms with Crippen LogP contribution in [0.2, 0.25) is 0 Å². The number of nitrogens with zero attached hydrogens (tertiary/aromatic N) is 4. The number of rotatable bonds is 6. The third kappa shape index (κ3) is 6.10. The summed E-state index contributed by atoms with van der Waals surface area (Å²) in [5.41, 5.74) is 4.68. The van der Waals surface area contributed by atoms with E-state index in [9.17, 15) is 9.90 Å². The molecule has 0 aliphatic heterocycles. The minimum absolute atomic E-state index is 0.209. The van der Waals surface area contributed by atoms with Gasteiger partial charge in [0.1, 0.15) is 0 Å². The maximum absolute atomic E-state index is 12.4. The van der Waals surface area contributed by atoms with Crippen molar-refractivity contribution in [2.45, 2.75) is 58.2 Å². The lowest BCUT2D eigenvalue weighted by Gasteiger charge is -2.26. The standard InChI is InChI=1S/C29H31N7O2/c1-3-36-18-30-26-27(34-29(35-28(26)36)33-21-12-14-24(37)15-13-21)32-23-6-4-5-22(17-23)31-25(38)16-11-20-9-7-19(2)8-10-20/h4-10,17-18,21,24,37H,3,12-15H2,1-2H3,(H,31,38)(H2,32,33,34,35)/t21-,24-. The molecule has 9 heteroatoms. The summed E-state index contributed by atoms with van der Waals surface area (Å²) in [4.78, 5) is 26.4.